The number of methoxy groups -OCH3 is 2. The number of fused-ring (bicyclic) bond motifs is 1. The van der Waals surface area contributed by atoms with Gasteiger partial charge in [-0.05, 0) is 38.3 Å². The highest BCUT2D eigenvalue weighted by molar-refractivity contribution is 14.0. The monoisotopic (exact) mass is 521 g/mol. The maximum atomic E-state index is 5.18. The number of hydrogen-bond acceptors (Lipinski definition) is 6. The minimum Gasteiger partial charge on any atom is -0.383 e. The van der Waals surface area contributed by atoms with Crippen LogP contribution in [0.2, 0.25) is 0 Å². The van der Waals surface area contributed by atoms with Crippen LogP contribution in [0.3, 0.4) is 0 Å². The minimum absolute atomic E-state index is 0. The predicted molar refractivity (Wildman–Crippen MR) is 124 cm³/mol. The molecule has 1 aromatic rings. The molecule has 0 bridgehead atoms. The van der Waals surface area contributed by atoms with E-state index in [2.05, 4.69) is 30.6 Å². The van der Waals surface area contributed by atoms with E-state index < -0.39 is 0 Å². The van der Waals surface area contributed by atoms with Crippen molar-refractivity contribution in [2.24, 2.45) is 10.9 Å². The number of ether oxygens (including phenoxy) is 2. The van der Waals surface area contributed by atoms with E-state index in [0.29, 0.717) is 18.6 Å². The Bertz CT molecular complexity index is 632. The second kappa shape index (κ2) is 12.7. The molecule has 9 nitrogen and oxygen atoms in total. The SMILES string of the molecule is CN=C(NCC1CCN(CCOC)CC1)NC1CCc2nc(COC)nn2C1.I. The Hall–Kier alpha value is -0.980. The van der Waals surface area contributed by atoms with E-state index >= 15 is 0 Å². The summed E-state index contributed by atoms with van der Waals surface area (Å²) in [7, 11) is 5.27. The molecule has 1 atom stereocenters. The van der Waals surface area contributed by atoms with Crippen molar-refractivity contribution < 1.29 is 9.47 Å². The van der Waals surface area contributed by atoms with Gasteiger partial charge in [0.15, 0.2) is 11.8 Å². The molecule has 1 unspecified atom stereocenters. The number of piperidine rings is 1. The molecule has 10 heteroatoms. The quantitative estimate of drug-likeness (QED) is 0.298. The zero-order valence-corrected chi connectivity index (χ0v) is 20.2. The Morgan fingerprint density at radius 3 is 2.69 bits per heavy atom. The molecule has 1 saturated heterocycles. The molecule has 1 aromatic heterocycles. The second-order valence-electron chi connectivity index (χ2n) is 7.67. The lowest BCUT2D eigenvalue weighted by Gasteiger charge is -2.32. The third kappa shape index (κ3) is 7.34. The fourth-order valence-electron chi connectivity index (χ4n) is 3.93. The van der Waals surface area contributed by atoms with E-state index in [0.717, 1.165) is 69.8 Å². The van der Waals surface area contributed by atoms with Gasteiger partial charge in [-0.3, -0.25) is 4.99 Å². The van der Waals surface area contributed by atoms with Crippen LogP contribution in [0.15, 0.2) is 4.99 Å². The average Bonchev–Trinajstić information content (AvgIpc) is 3.12. The lowest BCUT2D eigenvalue weighted by Crippen LogP contribution is -2.48. The smallest absolute Gasteiger partial charge is 0.191 e. The molecule has 2 aliphatic heterocycles. The van der Waals surface area contributed by atoms with Gasteiger partial charge in [-0.2, -0.15) is 5.10 Å². The summed E-state index contributed by atoms with van der Waals surface area (Å²) >= 11 is 0. The predicted octanol–water partition coefficient (Wildman–Crippen LogP) is 0.881. The second-order valence-corrected chi connectivity index (χ2v) is 7.67. The fourth-order valence-corrected chi connectivity index (χ4v) is 3.93. The summed E-state index contributed by atoms with van der Waals surface area (Å²) in [6.07, 6.45) is 4.40. The van der Waals surface area contributed by atoms with Crippen LogP contribution >= 0.6 is 24.0 Å². The van der Waals surface area contributed by atoms with Crippen molar-refractivity contribution >= 4 is 29.9 Å². The van der Waals surface area contributed by atoms with Crippen LogP contribution in [0.25, 0.3) is 0 Å². The maximum absolute atomic E-state index is 5.18. The number of aromatic nitrogens is 3. The Labute approximate surface area is 191 Å². The molecule has 1 fully saturated rings. The van der Waals surface area contributed by atoms with Crippen molar-refractivity contribution in [3.63, 3.8) is 0 Å². The van der Waals surface area contributed by atoms with Gasteiger partial charge in [-0.25, -0.2) is 9.67 Å². The number of likely N-dealkylation sites (tertiary alicyclic amines) is 1. The number of aliphatic imine (C=N–C) groups is 1. The van der Waals surface area contributed by atoms with Crippen molar-refractivity contribution in [2.45, 2.75) is 44.9 Å². The summed E-state index contributed by atoms with van der Waals surface area (Å²) in [5, 5.41) is 11.6. The van der Waals surface area contributed by atoms with Crippen LogP contribution in [0.5, 0.6) is 0 Å². The number of halogens is 1. The Balaban J connectivity index is 0.00000300. The van der Waals surface area contributed by atoms with Crippen molar-refractivity contribution in [1.82, 2.24) is 30.3 Å². The standard InChI is InChI=1S/C19H35N7O2.HI/c1-20-19(21-12-15-6-8-25(9-7-15)10-11-27-2)22-16-4-5-18-23-17(14-28-3)24-26(18)13-16;/h15-16H,4-14H2,1-3H3,(H2,20,21,22);1H. The largest absolute Gasteiger partial charge is 0.383 e. The molecule has 0 saturated carbocycles. The van der Waals surface area contributed by atoms with Crippen LogP contribution in [0.4, 0.5) is 0 Å². The molecule has 0 radical (unpaired) electrons. The maximum Gasteiger partial charge on any atom is 0.191 e. The molecule has 2 N–H and O–H groups in total. The van der Waals surface area contributed by atoms with Gasteiger partial charge >= 0.3 is 0 Å². The molecule has 0 spiro atoms. The van der Waals surface area contributed by atoms with Gasteiger partial charge < -0.3 is 25.0 Å². The molecular formula is C19H36IN7O2. The molecule has 29 heavy (non-hydrogen) atoms. The van der Waals surface area contributed by atoms with E-state index in [1.807, 2.05) is 11.7 Å². The Kier molecular flexibility index (Phi) is 10.6. The summed E-state index contributed by atoms with van der Waals surface area (Å²) in [6.45, 7) is 6.42. The first-order valence-electron chi connectivity index (χ1n) is 10.3. The third-order valence-electron chi connectivity index (χ3n) is 5.62. The summed E-state index contributed by atoms with van der Waals surface area (Å²) in [5.74, 6) is 3.39. The zero-order chi connectivity index (χ0) is 19.8. The summed E-state index contributed by atoms with van der Waals surface area (Å²) in [4.78, 5) is 11.4. The van der Waals surface area contributed by atoms with E-state index in [1.165, 1.54) is 12.8 Å². The van der Waals surface area contributed by atoms with Gasteiger partial charge in [-0.1, -0.05) is 0 Å². The van der Waals surface area contributed by atoms with Crippen molar-refractivity contribution in [2.75, 3.05) is 54.1 Å². The number of guanidine groups is 1. The normalized spacial score (nSPS) is 20.8. The van der Waals surface area contributed by atoms with Gasteiger partial charge in [0, 0.05) is 46.8 Å². The molecule has 2 aliphatic rings. The molecule has 0 aliphatic carbocycles. The molecule has 0 amide bonds. The van der Waals surface area contributed by atoms with Crippen molar-refractivity contribution in [3.8, 4) is 0 Å². The first-order chi connectivity index (χ1) is 13.7. The van der Waals surface area contributed by atoms with Crippen LogP contribution in [0, 0.1) is 5.92 Å². The molecule has 3 heterocycles. The molecule has 0 aromatic carbocycles. The lowest BCUT2D eigenvalue weighted by molar-refractivity contribution is 0.121. The molecule has 3 rings (SSSR count). The fraction of sp³-hybridized carbons (Fsp3) is 0.842. The van der Waals surface area contributed by atoms with Crippen LogP contribution < -0.4 is 10.6 Å². The Morgan fingerprint density at radius 2 is 2.00 bits per heavy atom. The van der Waals surface area contributed by atoms with E-state index in [1.54, 1.807) is 14.2 Å². The van der Waals surface area contributed by atoms with Crippen LogP contribution in [-0.4, -0.2) is 85.7 Å². The van der Waals surface area contributed by atoms with Crippen LogP contribution in [0.1, 0.15) is 30.9 Å². The highest BCUT2D eigenvalue weighted by atomic mass is 127. The van der Waals surface area contributed by atoms with Gasteiger partial charge in [0.1, 0.15) is 12.4 Å². The van der Waals surface area contributed by atoms with Gasteiger partial charge in [0.25, 0.3) is 0 Å². The summed E-state index contributed by atoms with van der Waals surface area (Å²) in [5.41, 5.74) is 0. The summed E-state index contributed by atoms with van der Waals surface area (Å²) < 4.78 is 12.3. The first-order valence-corrected chi connectivity index (χ1v) is 10.3. The van der Waals surface area contributed by atoms with Crippen molar-refractivity contribution in [1.29, 1.82) is 0 Å². The van der Waals surface area contributed by atoms with E-state index in [9.17, 15) is 0 Å². The zero-order valence-electron chi connectivity index (χ0n) is 17.9. The lowest BCUT2D eigenvalue weighted by atomic mass is 9.97. The van der Waals surface area contributed by atoms with Crippen molar-refractivity contribution in [3.05, 3.63) is 11.6 Å². The third-order valence-corrected chi connectivity index (χ3v) is 5.62. The van der Waals surface area contributed by atoms with Gasteiger partial charge in [0.2, 0.25) is 0 Å². The number of nitrogens with zero attached hydrogens (tertiary/aromatic N) is 5. The van der Waals surface area contributed by atoms with Gasteiger partial charge in [-0.15, -0.1) is 24.0 Å². The van der Waals surface area contributed by atoms with E-state index in [-0.39, 0.29) is 24.0 Å². The number of aryl methyl sites for hydroxylation is 1. The number of hydrogen-bond donors (Lipinski definition) is 2. The molecule has 166 valence electrons. The highest BCUT2D eigenvalue weighted by Crippen LogP contribution is 2.16. The Morgan fingerprint density at radius 1 is 1.21 bits per heavy atom. The number of nitrogens with one attached hydrogen (secondary N) is 2. The molecular weight excluding hydrogens is 485 g/mol. The first kappa shape index (κ1) is 24.3. The van der Waals surface area contributed by atoms with Gasteiger partial charge in [0.05, 0.1) is 13.2 Å². The van der Waals surface area contributed by atoms with E-state index in [4.69, 9.17) is 9.47 Å². The highest BCUT2D eigenvalue weighted by Gasteiger charge is 2.23. The van der Waals surface area contributed by atoms with Crippen LogP contribution in [-0.2, 0) is 29.0 Å². The number of rotatable bonds is 8. The average molecular weight is 521 g/mol. The summed E-state index contributed by atoms with van der Waals surface area (Å²) in [6, 6.07) is 0.312. The minimum atomic E-state index is 0. The topological polar surface area (TPSA) is 88.8 Å².